The van der Waals surface area contributed by atoms with Crippen LogP contribution in [0.2, 0.25) is 0 Å². The highest BCUT2D eigenvalue weighted by Gasteiger charge is 2.21. The van der Waals surface area contributed by atoms with Gasteiger partial charge in [0.05, 0.1) is 6.61 Å². The maximum absolute atomic E-state index is 12.8. The second-order valence-electron chi connectivity index (χ2n) is 6.92. The SMILES string of the molecule is CCOCCOc1cccc(NC(=O)C(CC)Oc2ccccc2C(C)CC)c1. The molecule has 0 fully saturated rings. The standard InChI is InChI=1S/C24H33NO4/c1-5-18(4)21-13-8-9-14-23(21)29-22(6-2)24(26)25-19-11-10-12-20(17-19)28-16-15-27-7-3/h8-14,17-18,22H,5-7,15-16H2,1-4H3,(H,25,26). The minimum Gasteiger partial charge on any atom is -0.491 e. The summed E-state index contributed by atoms with van der Waals surface area (Å²) < 4.78 is 17.0. The van der Waals surface area contributed by atoms with Gasteiger partial charge in [-0.2, -0.15) is 0 Å². The Bertz CT molecular complexity index is 762. The van der Waals surface area contributed by atoms with Crippen molar-refractivity contribution in [1.29, 1.82) is 0 Å². The number of amides is 1. The zero-order chi connectivity index (χ0) is 21.1. The number of anilines is 1. The molecule has 5 heteroatoms. The lowest BCUT2D eigenvalue weighted by atomic mass is 9.98. The van der Waals surface area contributed by atoms with Crippen molar-refractivity contribution in [2.24, 2.45) is 0 Å². The van der Waals surface area contributed by atoms with E-state index in [0.29, 0.717) is 43.6 Å². The molecule has 2 rings (SSSR count). The smallest absolute Gasteiger partial charge is 0.265 e. The summed E-state index contributed by atoms with van der Waals surface area (Å²) in [5.41, 5.74) is 1.81. The Morgan fingerprint density at radius 2 is 1.79 bits per heavy atom. The van der Waals surface area contributed by atoms with Gasteiger partial charge in [-0.1, -0.05) is 45.0 Å². The highest BCUT2D eigenvalue weighted by molar-refractivity contribution is 5.94. The van der Waals surface area contributed by atoms with Gasteiger partial charge in [-0.3, -0.25) is 4.79 Å². The number of hydrogen-bond donors (Lipinski definition) is 1. The van der Waals surface area contributed by atoms with E-state index in [0.717, 1.165) is 17.7 Å². The molecule has 158 valence electrons. The molecule has 2 unspecified atom stereocenters. The minimum absolute atomic E-state index is 0.169. The first-order valence-electron chi connectivity index (χ1n) is 10.5. The van der Waals surface area contributed by atoms with Crippen molar-refractivity contribution in [2.45, 2.75) is 52.6 Å². The molecule has 1 N–H and O–H groups in total. The van der Waals surface area contributed by atoms with Crippen molar-refractivity contribution >= 4 is 11.6 Å². The van der Waals surface area contributed by atoms with Crippen molar-refractivity contribution in [3.05, 3.63) is 54.1 Å². The van der Waals surface area contributed by atoms with Crippen LogP contribution in [0.3, 0.4) is 0 Å². The summed E-state index contributed by atoms with van der Waals surface area (Å²) in [7, 11) is 0. The van der Waals surface area contributed by atoms with Crippen LogP contribution in [0, 0.1) is 0 Å². The van der Waals surface area contributed by atoms with E-state index in [2.05, 4.69) is 25.2 Å². The highest BCUT2D eigenvalue weighted by atomic mass is 16.5. The quantitative estimate of drug-likeness (QED) is 0.485. The van der Waals surface area contributed by atoms with Crippen molar-refractivity contribution in [1.82, 2.24) is 0 Å². The number of carbonyl (C=O) groups is 1. The molecule has 0 radical (unpaired) electrons. The monoisotopic (exact) mass is 399 g/mol. The van der Waals surface area contributed by atoms with Crippen LogP contribution >= 0.6 is 0 Å². The van der Waals surface area contributed by atoms with Gasteiger partial charge in [0.2, 0.25) is 0 Å². The maximum atomic E-state index is 12.8. The number of hydrogen-bond acceptors (Lipinski definition) is 4. The van der Waals surface area contributed by atoms with E-state index in [-0.39, 0.29) is 5.91 Å². The Balaban J connectivity index is 2.02. The lowest BCUT2D eigenvalue weighted by Crippen LogP contribution is -2.32. The van der Waals surface area contributed by atoms with Crippen LogP contribution in [0.5, 0.6) is 11.5 Å². The van der Waals surface area contributed by atoms with Crippen LogP contribution in [0.4, 0.5) is 5.69 Å². The van der Waals surface area contributed by atoms with Crippen molar-refractivity contribution in [3.8, 4) is 11.5 Å². The molecule has 0 aliphatic rings. The molecule has 2 aromatic rings. The van der Waals surface area contributed by atoms with E-state index >= 15 is 0 Å². The summed E-state index contributed by atoms with van der Waals surface area (Å²) in [6.45, 7) is 9.88. The Labute approximate surface area is 174 Å². The lowest BCUT2D eigenvalue weighted by Gasteiger charge is -2.21. The van der Waals surface area contributed by atoms with E-state index in [9.17, 15) is 4.79 Å². The second kappa shape index (κ2) is 12.1. The Morgan fingerprint density at radius 3 is 2.52 bits per heavy atom. The molecule has 29 heavy (non-hydrogen) atoms. The summed E-state index contributed by atoms with van der Waals surface area (Å²) >= 11 is 0. The fourth-order valence-corrected chi connectivity index (χ4v) is 2.94. The molecule has 0 saturated heterocycles. The first-order chi connectivity index (χ1) is 14.1. The summed E-state index contributed by atoms with van der Waals surface area (Å²) in [6, 6.07) is 15.3. The predicted molar refractivity (Wildman–Crippen MR) is 117 cm³/mol. The van der Waals surface area contributed by atoms with Gasteiger partial charge < -0.3 is 19.5 Å². The molecule has 0 aromatic heterocycles. The van der Waals surface area contributed by atoms with Crippen molar-refractivity contribution in [3.63, 3.8) is 0 Å². The van der Waals surface area contributed by atoms with Gasteiger partial charge in [-0.15, -0.1) is 0 Å². The Hall–Kier alpha value is -2.53. The van der Waals surface area contributed by atoms with Crippen LogP contribution < -0.4 is 14.8 Å². The highest BCUT2D eigenvalue weighted by Crippen LogP contribution is 2.29. The van der Waals surface area contributed by atoms with Crippen LogP contribution in [0.1, 0.15) is 52.0 Å². The average molecular weight is 400 g/mol. The van der Waals surface area contributed by atoms with Crippen LogP contribution in [-0.2, 0) is 9.53 Å². The van der Waals surface area contributed by atoms with E-state index in [1.807, 2.05) is 56.3 Å². The first-order valence-corrected chi connectivity index (χ1v) is 10.5. The van der Waals surface area contributed by atoms with Gasteiger partial charge in [-0.25, -0.2) is 0 Å². The van der Waals surface area contributed by atoms with Crippen molar-refractivity contribution in [2.75, 3.05) is 25.1 Å². The number of carbonyl (C=O) groups excluding carboxylic acids is 1. The second-order valence-corrected chi connectivity index (χ2v) is 6.92. The Kier molecular flexibility index (Phi) is 9.51. The molecule has 5 nitrogen and oxygen atoms in total. The van der Waals surface area contributed by atoms with E-state index in [4.69, 9.17) is 14.2 Å². The third-order valence-corrected chi connectivity index (χ3v) is 4.80. The van der Waals surface area contributed by atoms with Crippen molar-refractivity contribution < 1.29 is 19.0 Å². The molecule has 0 aliphatic carbocycles. The van der Waals surface area contributed by atoms with Gasteiger partial charge in [0.1, 0.15) is 18.1 Å². The van der Waals surface area contributed by atoms with Gasteiger partial charge in [-0.05, 0) is 49.4 Å². The molecule has 1 amide bonds. The summed E-state index contributed by atoms with van der Waals surface area (Å²) in [6.07, 6.45) is 1.02. The minimum atomic E-state index is -0.567. The summed E-state index contributed by atoms with van der Waals surface area (Å²) in [4.78, 5) is 12.8. The molecule has 0 bridgehead atoms. The number of rotatable bonds is 12. The first kappa shape index (κ1) is 22.8. The van der Waals surface area contributed by atoms with Crippen LogP contribution in [-0.4, -0.2) is 31.8 Å². The van der Waals surface area contributed by atoms with Gasteiger partial charge in [0.15, 0.2) is 6.10 Å². The molecule has 2 atom stereocenters. The molecule has 0 saturated carbocycles. The lowest BCUT2D eigenvalue weighted by molar-refractivity contribution is -0.122. The van der Waals surface area contributed by atoms with Crippen LogP contribution in [0.15, 0.2) is 48.5 Å². The number of benzene rings is 2. The molecule has 0 spiro atoms. The zero-order valence-electron chi connectivity index (χ0n) is 17.9. The third-order valence-electron chi connectivity index (χ3n) is 4.80. The van der Waals surface area contributed by atoms with E-state index in [1.165, 1.54) is 0 Å². The zero-order valence-corrected chi connectivity index (χ0v) is 17.9. The maximum Gasteiger partial charge on any atom is 0.265 e. The number of para-hydroxylation sites is 1. The van der Waals surface area contributed by atoms with Crippen LogP contribution in [0.25, 0.3) is 0 Å². The van der Waals surface area contributed by atoms with Gasteiger partial charge in [0.25, 0.3) is 5.91 Å². The largest absolute Gasteiger partial charge is 0.491 e. The fourth-order valence-electron chi connectivity index (χ4n) is 2.94. The molecular formula is C24H33NO4. The molecular weight excluding hydrogens is 366 g/mol. The fraction of sp³-hybridized carbons (Fsp3) is 0.458. The average Bonchev–Trinajstić information content (AvgIpc) is 2.75. The Morgan fingerprint density at radius 1 is 1.00 bits per heavy atom. The third kappa shape index (κ3) is 7.09. The molecule has 2 aromatic carbocycles. The number of nitrogens with one attached hydrogen (secondary N) is 1. The topological polar surface area (TPSA) is 56.8 Å². The van der Waals surface area contributed by atoms with Gasteiger partial charge >= 0.3 is 0 Å². The van der Waals surface area contributed by atoms with Gasteiger partial charge in [0, 0.05) is 18.4 Å². The summed E-state index contributed by atoms with van der Waals surface area (Å²) in [5, 5.41) is 2.94. The van der Waals surface area contributed by atoms with E-state index in [1.54, 1.807) is 0 Å². The summed E-state index contributed by atoms with van der Waals surface area (Å²) in [5.74, 6) is 1.67. The molecule has 0 aliphatic heterocycles. The molecule has 0 heterocycles. The van der Waals surface area contributed by atoms with E-state index < -0.39 is 6.10 Å². The normalized spacial score (nSPS) is 12.8. The predicted octanol–water partition coefficient (Wildman–Crippen LogP) is 5.41. The number of ether oxygens (including phenoxy) is 3.